The van der Waals surface area contributed by atoms with Crippen LogP contribution in [0.1, 0.15) is 25.7 Å². The van der Waals surface area contributed by atoms with Crippen molar-refractivity contribution in [3.05, 3.63) is 34.4 Å². The fraction of sp³-hybridized carbons (Fsp3) is 0.357. The van der Waals surface area contributed by atoms with Crippen LogP contribution in [0.15, 0.2) is 33.9 Å². The van der Waals surface area contributed by atoms with Crippen LogP contribution in [0.2, 0.25) is 0 Å². The number of carbonyl (C=O) groups excluding carboxylic acids is 1. The second-order valence-electron chi connectivity index (χ2n) is 5.00. The van der Waals surface area contributed by atoms with Crippen LogP contribution in [-0.2, 0) is 4.79 Å². The van der Waals surface area contributed by atoms with Crippen LogP contribution >= 0.6 is 11.8 Å². The molecule has 1 heterocycles. The molecule has 8 heteroatoms. The Morgan fingerprint density at radius 1 is 1.32 bits per heavy atom. The van der Waals surface area contributed by atoms with Crippen LogP contribution in [0.5, 0.6) is 0 Å². The van der Waals surface area contributed by atoms with E-state index >= 15 is 0 Å². The lowest BCUT2D eigenvalue weighted by Gasteiger charge is -2.17. The molecule has 0 N–H and O–H groups in total. The predicted octanol–water partition coefficient (Wildman–Crippen LogP) is 3.25. The van der Waals surface area contributed by atoms with Crippen molar-refractivity contribution in [2.75, 3.05) is 0 Å². The summed E-state index contributed by atoms with van der Waals surface area (Å²) in [5.74, 6) is 0.431. The third-order valence-electron chi connectivity index (χ3n) is 3.45. The van der Waals surface area contributed by atoms with Crippen LogP contribution < -0.4 is 0 Å². The molecule has 1 aromatic carbocycles. The third kappa shape index (κ3) is 3.16. The van der Waals surface area contributed by atoms with E-state index in [1.54, 1.807) is 12.1 Å². The van der Waals surface area contributed by atoms with Gasteiger partial charge in [-0.15, -0.1) is 10.2 Å². The van der Waals surface area contributed by atoms with E-state index < -0.39 is 4.92 Å². The van der Waals surface area contributed by atoms with Crippen LogP contribution in [0.4, 0.5) is 5.69 Å². The molecule has 0 aliphatic heterocycles. The second-order valence-corrected chi connectivity index (χ2v) is 6.15. The number of Topliss-reactive ketones (excluding diaryl/α,β-unsaturated/α-hetero) is 1. The van der Waals surface area contributed by atoms with Crippen molar-refractivity contribution in [1.29, 1.82) is 0 Å². The molecule has 1 aliphatic rings. The number of nitrogens with zero attached hydrogens (tertiary/aromatic N) is 3. The Morgan fingerprint density at radius 2 is 2.18 bits per heavy atom. The highest BCUT2D eigenvalue weighted by Gasteiger charge is 2.25. The summed E-state index contributed by atoms with van der Waals surface area (Å²) in [5, 5.41) is 18.8. The van der Waals surface area contributed by atoms with Gasteiger partial charge >= 0.3 is 0 Å². The molecule has 1 fully saturated rings. The molecule has 22 heavy (non-hydrogen) atoms. The number of aromatic nitrogens is 2. The van der Waals surface area contributed by atoms with Gasteiger partial charge in [0.2, 0.25) is 5.89 Å². The Labute approximate surface area is 130 Å². The fourth-order valence-electron chi connectivity index (χ4n) is 2.32. The molecular formula is C14H13N3O4S. The lowest BCUT2D eigenvalue weighted by Crippen LogP contribution is -2.21. The number of rotatable bonds is 4. The molecule has 2 aromatic rings. The number of nitro benzene ring substituents is 1. The van der Waals surface area contributed by atoms with Crippen molar-refractivity contribution in [1.82, 2.24) is 10.2 Å². The van der Waals surface area contributed by atoms with Gasteiger partial charge in [0, 0.05) is 24.1 Å². The largest absolute Gasteiger partial charge is 0.411 e. The van der Waals surface area contributed by atoms with Crippen LogP contribution in [0.3, 0.4) is 0 Å². The topological polar surface area (TPSA) is 99.1 Å². The maximum atomic E-state index is 11.8. The van der Waals surface area contributed by atoms with Gasteiger partial charge in [0.25, 0.3) is 10.9 Å². The number of ketones is 1. The van der Waals surface area contributed by atoms with E-state index in [1.807, 2.05) is 0 Å². The van der Waals surface area contributed by atoms with Crippen LogP contribution in [0, 0.1) is 10.1 Å². The summed E-state index contributed by atoms with van der Waals surface area (Å²) in [7, 11) is 0. The first kappa shape index (κ1) is 14.7. The van der Waals surface area contributed by atoms with E-state index in [4.69, 9.17) is 4.42 Å². The van der Waals surface area contributed by atoms with Crippen molar-refractivity contribution < 1.29 is 14.1 Å². The predicted molar refractivity (Wildman–Crippen MR) is 79.5 cm³/mol. The number of benzene rings is 1. The minimum absolute atomic E-state index is 0.0349. The van der Waals surface area contributed by atoms with E-state index in [1.165, 1.54) is 23.9 Å². The maximum absolute atomic E-state index is 11.8. The average molecular weight is 319 g/mol. The van der Waals surface area contributed by atoms with Gasteiger partial charge in [-0.2, -0.15) is 0 Å². The second kappa shape index (κ2) is 6.27. The van der Waals surface area contributed by atoms with Crippen molar-refractivity contribution in [2.24, 2.45) is 0 Å². The summed E-state index contributed by atoms with van der Waals surface area (Å²) in [4.78, 5) is 22.1. The summed E-state index contributed by atoms with van der Waals surface area (Å²) in [6, 6.07) is 6.01. The molecule has 0 saturated heterocycles. The van der Waals surface area contributed by atoms with Crippen molar-refractivity contribution in [2.45, 2.75) is 36.2 Å². The van der Waals surface area contributed by atoms with E-state index in [0.717, 1.165) is 19.3 Å². The summed E-state index contributed by atoms with van der Waals surface area (Å²) in [5.41, 5.74) is 0.455. The van der Waals surface area contributed by atoms with E-state index in [2.05, 4.69) is 10.2 Å². The minimum Gasteiger partial charge on any atom is -0.411 e. The van der Waals surface area contributed by atoms with E-state index in [0.29, 0.717) is 17.2 Å². The minimum atomic E-state index is -0.476. The fourth-order valence-corrected chi connectivity index (χ4v) is 3.32. The summed E-state index contributed by atoms with van der Waals surface area (Å²) < 4.78 is 5.52. The normalized spacial score (nSPS) is 18.4. The molecule has 0 unspecified atom stereocenters. The highest BCUT2D eigenvalue weighted by atomic mass is 32.2. The Hall–Kier alpha value is -2.22. The van der Waals surface area contributed by atoms with Gasteiger partial charge in [0.05, 0.1) is 10.2 Å². The van der Waals surface area contributed by atoms with Gasteiger partial charge in [-0.25, -0.2) is 0 Å². The lowest BCUT2D eigenvalue weighted by molar-refractivity contribution is -0.384. The van der Waals surface area contributed by atoms with E-state index in [-0.39, 0.29) is 22.6 Å². The SMILES string of the molecule is O=C1CCCC[C@H]1Sc1nnc(-c2cccc([N+](=O)[O-])c2)o1. The highest BCUT2D eigenvalue weighted by molar-refractivity contribution is 8.00. The van der Waals surface area contributed by atoms with Crippen molar-refractivity contribution >= 4 is 23.2 Å². The third-order valence-corrected chi connectivity index (χ3v) is 4.60. The molecule has 1 aromatic heterocycles. The Balaban J connectivity index is 1.77. The monoisotopic (exact) mass is 319 g/mol. The molecule has 1 aliphatic carbocycles. The van der Waals surface area contributed by atoms with Gasteiger partial charge in [-0.3, -0.25) is 14.9 Å². The Bertz CT molecular complexity index is 716. The molecule has 7 nitrogen and oxygen atoms in total. The summed E-state index contributed by atoms with van der Waals surface area (Å²) >= 11 is 1.27. The number of nitro groups is 1. The quantitative estimate of drug-likeness (QED) is 0.630. The first-order chi connectivity index (χ1) is 10.6. The van der Waals surface area contributed by atoms with Gasteiger partial charge in [0.1, 0.15) is 5.78 Å². The molecular weight excluding hydrogens is 306 g/mol. The Kier molecular flexibility index (Phi) is 4.19. The lowest BCUT2D eigenvalue weighted by atomic mass is 9.99. The molecule has 1 atom stereocenters. The smallest absolute Gasteiger partial charge is 0.277 e. The molecule has 114 valence electrons. The molecule has 3 rings (SSSR count). The van der Waals surface area contributed by atoms with Crippen LogP contribution in [-0.4, -0.2) is 26.2 Å². The molecule has 0 amide bonds. The standard InChI is InChI=1S/C14H13N3O4S/c18-11-6-1-2-7-12(11)22-14-16-15-13(21-14)9-4-3-5-10(8-9)17(19)20/h3-5,8,12H,1-2,6-7H2/t12-/m1/s1. The van der Waals surface area contributed by atoms with Gasteiger partial charge < -0.3 is 4.42 Å². The number of carbonyl (C=O) groups is 1. The van der Waals surface area contributed by atoms with Gasteiger partial charge in [-0.05, 0) is 18.9 Å². The van der Waals surface area contributed by atoms with E-state index in [9.17, 15) is 14.9 Å². The zero-order valence-corrected chi connectivity index (χ0v) is 12.4. The molecule has 0 radical (unpaired) electrons. The van der Waals surface area contributed by atoms with Gasteiger partial charge in [-0.1, -0.05) is 24.2 Å². The number of thioether (sulfide) groups is 1. The summed E-state index contributed by atoms with van der Waals surface area (Å²) in [6.45, 7) is 0. The molecule has 0 spiro atoms. The zero-order valence-electron chi connectivity index (χ0n) is 11.6. The van der Waals surface area contributed by atoms with Crippen molar-refractivity contribution in [3.8, 4) is 11.5 Å². The zero-order chi connectivity index (χ0) is 15.5. The first-order valence-electron chi connectivity index (χ1n) is 6.91. The number of non-ortho nitro benzene ring substituents is 1. The molecule has 0 bridgehead atoms. The molecule has 1 saturated carbocycles. The van der Waals surface area contributed by atoms with Crippen molar-refractivity contribution in [3.63, 3.8) is 0 Å². The summed E-state index contributed by atoms with van der Waals surface area (Å²) in [6.07, 6.45) is 3.38. The first-order valence-corrected chi connectivity index (χ1v) is 7.79. The highest BCUT2D eigenvalue weighted by Crippen LogP contribution is 2.32. The van der Waals surface area contributed by atoms with Gasteiger partial charge in [0.15, 0.2) is 0 Å². The average Bonchev–Trinajstić information content (AvgIpc) is 2.98. The number of hydrogen-bond donors (Lipinski definition) is 0. The maximum Gasteiger partial charge on any atom is 0.277 e. The number of hydrogen-bond acceptors (Lipinski definition) is 7. The Morgan fingerprint density at radius 3 is 2.95 bits per heavy atom. The van der Waals surface area contributed by atoms with Crippen LogP contribution in [0.25, 0.3) is 11.5 Å².